The van der Waals surface area contributed by atoms with Crippen molar-refractivity contribution in [3.05, 3.63) is 23.0 Å². The van der Waals surface area contributed by atoms with Gasteiger partial charge in [-0.25, -0.2) is 0 Å². The van der Waals surface area contributed by atoms with E-state index < -0.39 is 11.9 Å². The van der Waals surface area contributed by atoms with Gasteiger partial charge in [0, 0.05) is 30.2 Å². The van der Waals surface area contributed by atoms with Crippen molar-refractivity contribution in [2.45, 2.75) is 162 Å². The highest BCUT2D eigenvalue weighted by Gasteiger charge is 2.09. The van der Waals surface area contributed by atoms with Gasteiger partial charge in [0.15, 0.2) is 0 Å². The summed E-state index contributed by atoms with van der Waals surface area (Å²) in [5.74, 6) is -1.36. The molecule has 0 amide bonds. The van der Waals surface area contributed by atoms with Gasteiger partial charge in [-0.3, -0.25) is 14.6 Å². The molecule has 1 heterocycles. The van der Waals surface area contributed by atoms with Crippen LogP contribution in [0.2, 0.25) is 0 Å². The number of hydrogen-bond donors (Lipinski definition) is 5. The molecule has 0 aliphatic carbocycles. The summed E-state index contributed by atoms with van der Waals surface area (Å²) in [5, 5.41) is 43.9. The molecule has 40 heavy (non-hydrogen) atoms. The van der Waals surface area contributed by atoms with Gasteiger partial charge >= 0.3 is 11.9 Å². The Morgan fingerprint density at radius 2 is 0.975 bits per heavy atom. The average Bonchev–Trinajstić information content (AvgIpc) is 2.93. The number of unbranched alkanes of at least 4 members (excludes halogenated alkanes) is 16. The fraction of sp³-hybridized carbons (Fsp3) is 0.781. The van der Waals surface area contributed by atoms with Gasteiger partial charge in [-0.2, -0.15) is 0 Å². The van der Waals surface area contributed by atoms with Crippen LogP contribution in [0.25, 0.3) is 0 Å². The Labute approximate surface area is 243 Å². The standard InChI is InChI=1S/2C12H24O2.C8H11NO3/c2*1-2-3-4-5-6-7-8-9-10-11-12(13)14;1-5-8(12)7(4-11)6(3-10)2-9-5/h2*2-11H2,1H3,(H,13,14);2,10-12H,3-4H2,1H3. The second-order valence-electron chi connectivity index (χ2n) is 10.5. The van der Waals surface area contributed by atoms with E-state index in [1.807, 2.05) is 0 Å². The van der Waals surface area contributed by atoms with E-state index in [-0.39, 0.29) is 19.0 Å². The van der Waals surface area contributed by atoms with E-state index in [4.69, 9.17) is 20.4 Å². The maximum Gasteiger partial charge on any atom is 0.303 e. The van der Waals surface area contributed by atoms with Gasteiger partial charge in [-0.15, -0.1) is 0 Å². The van der Waals surface area contributed by atoms with E-state index in [1.54, 1.807) is 6.92 Å². The van der Waals surface area contributed by atoms with Crippen LogP contribution in [0, 0.1) is 6.92 Å². The predicted octanol–water partition coefficient (Wildman–Crippen LogP) is 8.06. The topological polar surface area (TPSA) is 148 Å². The summed E-state index contributed by atoms with van der Waals surface area (Å²) in [7, 11) is 0. The molecule has 0 aliphatic rings. The fourth-order valence-electron chi connectivity index (χ4n) is 4.17. The molecule has 0 unspecified atom stereocenters. The van der Waals surface area contributed by atoms with Crippen LogP contribution in [0.4, 0.5) is 0 Å². The van der Waals surface area contributed by atoms with Gasteiger partial charge in [-0.05, 0) is 19.8 Å². The Bertz CT molecular complexity index is 708. The first-order valence-electron chi connectivity index (χ1n) is 15.6. The molecule has 0 radical (unpaired) electrons. The Morgan fingerprint density at radius 1 is 0.625 bits per heavy atom. The zero-order chi connectivity index (χ0) is 30.4. The number of aliphatic hydroxyl groups is 2. The number of pyridine rings is 1. The number of nitrogens with zero attached hydrogens (tertiary/aromatic N) is 1. The van der Waals surface area contributed by atoms with Crippen molar-refractivity contribution in [3.8, 4) is 5.75 Å². The molecule has 234 valence electrons. The van der Waals surface area contributed by atoms with Crippen LogP contribution in [0.1, 0.15) is 159 Å². The quantitative estimate of drug-likeness (QED) is 0.0880. The number of carbonyl (C=O) groups is 2. The third-order valence-electron chi connectivity index (χ3n) is 6.75. The number of aromatic nitrogens is 1. The monoisotopic (exact) mass is 569 g/mol. The second-order valence-corrected chi connectivity index (χ2v) is 10.5. The molecule has 0 spiro atoms. The lowest BCUT2D eigenvalue weighted by molar-refractivity contribution is -0.138. The summed E-state index contributed by atoms with van der Waals surface area (Å²) in [6.45, 7) is 5.58. The van der Waals surface area contributed by atoms with Gasteiger partial charge < -0.3 is 25.5 Å². The summed E-state index contributed by atoms with van der Waals surface area (Å²) in [6, 6.07) is 0. The number of carboxylic acid groups (broad SMARTS) is 2. The number of hydrogen-bond acceptors (Lipinski definition) is 6. The van der Waals surface area contributed by atoms with Crippen molar-refractivity contribution in [1.29, 1.82) is 0 Å². The van der Waals surface area contributed by atoms with Crippen LogP contribution < -0.4 is 0 Å². The van der Waals surface area contributed by atoms with E-state index in [9.17, 15) is 14.7 Å². The maximum absolute atomic E-state index is 10.2. The van der Waals surface area contributed by atoms with Crippen molar-refractivity contribution in [1.82, 2.24) is 4.98 Å². The van der Waals surface area contributed by atoms with Crippen LogP contribution in [-0.2, 0) is 22.8 Å². The minimum Gasteiger partial charge on any atom is -0.506 e. The molecule has 8 heteroatoms. The number of aromatic hydroxyl groups is 1. The lowest BCUT2D eigenvalue weighted by Crippen LogP contribution is -1.98. The number of aliphatic carboxylic acids is 2. The average molecular weight is 570 g/mol. The van der Waals surface area contributed by atoms with Gasteiger partial charge in [-0.1, -0.05) is 117 Å². The molecule has 8 nitrogen and oxygen atoms in total. The largest absolute Gasteiger partial charge is 0.506 e. The highest BCUT2D eigenvalue weighted by molar-refractivity contribution is 5.66. The van der Waals surface area contributed by atoms with Crippen molar-refractivity contribution in [2.75, 3.05) is 0 Å². The number of aliphatic hydroxyl groups excluding tert-OH is 2. The first kappa shape index (κ1) is 40.0. The molecule has 1 rings (SSSR count). The van der Waals surface area contributed by atoms with Crippen LogP contribution in [0.5, 0.6) is 5.75 Å². The van der Waals surface area contributed by atoms with Crippen molar-refractivity contribution >= 4 is 11.9 Å². The summed E-state index contributed by atoms with van der Waals surface area (Å²) < 4.78 is 0. The third-order valence-corrected chi connectivity index (χ3v) is 6.75. The lowest BCUT2D eigenvalue weighted by Gasteiger charge is -2.07. The summed E-state index contributed by atoms with van der Waals surface area (Å²) in [6.07, 6.45) is 24.4. The molecular weight excluding hydrogens is 510 g/mol. The molecule has 0 aromatic carbocycles. The van der Waals surface area contributed by atoms with Crippen molar-refractivity contribution in [2.24, 2.45) is 0 Å². The second kappa shape index (κ2) is 29.8. The molecule has 0 saturated heterocycles. The zero-order valence-electron chi connectivity index (χ0n) is 25.6. The van der Waals surface area contributed by atoms with Crippen LogP contribution >= 0.6 is 0 Å². The number of carboxylic acids is 2. The Hall–Kier alpha value is -2.19. The number of aryl methyl sites for hydroxylation is 1. The molecule has 0 atom stereocenters. The van der Waals surface area contributed by atoms with Gasteiger partial charge in [0.05, 0.1) is 18.9 Å². The molecule has 0 aliphatic heterocycles. The van der Waals surface area contributed by atoms with E-state index >= 15 is 0 Å². The molecular formula is C32H59NO7. The first-order valence-corrected chi connectivity index (χ1v) is 15.6. The van der Waals surface area contributed by atoms with Crippen LogP contribution in [-0.4, -0.2) is 42.5 Å². The van der Waals surface area contributed by atoms with Crippen LogP contribution in [0.15, 0.2) is 6.20 Å². The highest BCUT2D eigenvalue weighted by Crippen LogP contribution is 2.23. The molecule has 0 bridgehead atoms. The first-order chi connectivity index (χ1) is 19.2. The van der Waals surface area contributed by atoms with E-state index in [2.05, 4.69) is 18.8 Å². The maximum atomic E-state index is 10.2. The highest BCUT2D eigenvalue weighted by atomic mass is 16.4. The SMILES string of the molecule is CCCCCCCCCCCC(=O)O.CCCCCCCCCCCC(=O)O.Cc1ncc(CO)c(CO)c1O. The normalized spacial score (nSPS) is 10.3. The molecule has 0 fully saturated rings. The van der Waals surface area contributed by atoms with Gasteiger partial charge in [0.25, 0.3) is 0 Å². The predicted molar refractivity (Wildman–Crippen MR) is 161 cm³/mol. The Balaban J connectivity index is 0. The van der Waals surface area contributed by atoms with E-state index in [1.165, 1.54) is 96.1 Å². The minimum absolute atomic E-state index is 0.0379. The van der Waals surface area contributed by atoms with Crippen molar-refractivity contribution in [3.63, 3.8) is 0 Å². The zero-order valence-corrected chi connectivity index (χ0v) is 25.6. The molecule has 1 aromatic heterocycles. The van der Waals surface area contributed by atoms with Crippen LogP contribution in [0.3, 0.4) is 0 Å². The van der Waals surface area contributed by atoms with E-state index in [0.717, 1.165) is 25.7 Å². The molecule has 1 aromatic rings. The summed E-state index contributed by atoms with van der Waals surface area (Å²) in [5.41, 5.74) is 1.27. The molecule has 5 N–H and O–H groups in total. The van der Waals surface area contributed by atoms with Gasteiger partial charge in [0.1, 0.15) is 5.75 Å². The van der Waals surface area contributed by atoms with Crippen molar-refractivity contribution < 1.29 is 35.1 Å². The lowest BCUT2D eigenvalue weighted by atomic mass is 10.1. The smallest absolute Gasteiger partial charge is 0.303 e. The fourth-order valence-corrected chi connectivity index (χ4v) is 4.17. The Morgan fingerprint density at radius 3 is 1.27 bits per heavy atom. The molecule has 0 saturated carbocycles. The Kier molecular flexibility index (Phi) is 29.7. The van der Waals surface area contributed by atoms with E-state index in [0.29, 0.717) is 29.7 Å². The summed E-state index contributed by atoms with van der Waals surface area (Å²) >= 11 is 0. The third kappa shape index (κ3) is 26.1. The van der Waals surface area contributed by atoms with Gasteiger partial charge in [0.2, 0.25) is 0 Å². The minimum atomic E-state index is -0.659. The summed E-state index contributed by atoms with van der Waals surface area (Å²) in [4.78, 5) is 24.2. The number of rotatable bonds is 22.